The minimum atomic E-state index is -4.35. The number of esters is 1. The van der Waals surface area contributed by atoms with Gasteiger partial charge in [-0.2, -0.15) is 8.42 Å². The first-order valence-electron chi connectivity index (χ1n) is 10.4. The third-order valence-electron chi connectivity index (χ3n) is 4.24. The molecule has 1 rings (SSSR count). The highest BCUT2D eigenvalue weighted by molar-refractivity contribution is 7.85. The number of nitrogens with one attached hydrogen (secondary N) is 4. The lowest BCUT2D eigenvalue weighted by atomic mass is 10.0. The number of nitrogens with zero attached hydrogens (tertiary/aromatic N) is 1. The van der Waals surface area contributed by atoms with E-state index in [2.05, 4.69) is 29.8 Å². The number of aliphatic hydroxyl groups excluding tert-OH is 1. The van der Waals surface area contributed by atoms with Crippen molar-refractivity contribution >= 4 is 63.1 Å². The SMILES string of the molecule is CC(C)[C@H](NC(=O)N[C@H](CO)[C@H]1CCN=C(NS(=O)(=O)OCC(Cl)(Cl)Cl)N1)C(=O)OC(C)(C)C. The molecular weight excluding hydrogens is 537 g/mol. The number of guanidine groups is 1. The summed E-state index contributed by atoms with van der Waals surface area (Å²) >= 11 is 16.5. The van der Waals surface area contributed by atoms with Gasteiger partial charge in [-0.15, -0.1) is 0 Å². The minimum absolute atomic E-state index is 0.171. The largest absolute Gasteiger partial charge is 0.458 e. The van der Waals surface area contributed by atoms with E-state index in [0.29, 0.717) is 6.42 Å². The lowest BCUT2D eigenvalue weighted by Crippen LogP contribution is -2.61. The van der Waals surface area contributed by atoms with E-state index >= 15 is 0 Å². The summed E-state index contributed by atoms with van der Waals surface area (Å²) in [5.41, 5.74) is -0.729. The number of amides is 2. The summed E-state index contributed by atoms with van der Waals surface area (Å²) in [6.45, 7) is 7.64. The molecule has 0 fully saturated rings. The second kappa shape index (κ2) is 12.6. The van der Waals surface area contributed by atoms with Crippen molar-refractivity contribution in [2.75, 3.05) is 19.8 Å². The third-order valence-corrected chi connectivity index (χ3v) is 5.44. The van der Waals surface area contributed by atoms with Gasteiger partial charge in [0.15, 0.2) is 0 Å². The molecule has 0 saturated heterocycles. The zero-order chi connectivity index (χ0) is 26.3. The Balaban J connectivity index is 2.75. The fraction of sp³-hybridized carbons (Fsp3) is 0.833. The molecule has 0 aliphatic carbocycles. The molecule has 0 bridgehead atoms. The van der Waals surface area contributed by atoms with E-state index in [0.717, 1.165) is 0 Å². The van der Waals surface area contributed by atoms with Gasteiger partial charge in [-0.05, 0) is 33.1 Å². The molecule has 16 heteroatoms. The fourth-order valence-corrected chi connectivity index (χ4v) is 3.86. The molecule has 0 aromatic carbocycles. The quantitative estimate of drug-likeness (QED) is 0.202. The first-order valence-corrected chi connectivity index (χ1v) is 12.9. The van der Waals surface area contributed by atoms with Crippen LogP contribution in [0.3, 0.4) is 0 Å². The highest BCUT2D eigenvalue weighted by Gasteiger charge is 2.32. The molecule has 0 aromatic heterocycles. The van der Waals surface area contributed by atoms with Crippen LogP contribution < -0.4 is 20.7 Å². The van der Waals surface area contributed by atoms with Crippen molar-refractivity contribution in [1.29, 1.82) is 0 Å². The molecule has 1 heterocycles. The number of rotatable bonds is 9. The predicted molar refractivity (Wildman–Crippen MR) is 129 cm³/mol. The molecule has 2 amide bonds. The molecule has 0 spiro atoms. The Labute approximate surface area is 214 Å². The smallest absolute Gasteiger partial charge is 0.362 e. The number of alkyl halides is 3. The summed E-state index contributed by atoms with van der Waals surface area (Å²) in [6, 6.07) is -3.07. The zero-order valence-electron chi connectivity index (χ0n) is 19.5. The molecular formula is C18H32Cl3N5O7S. The fourth-order valence-electron chi connectivity index (χ4n) is 2.75. The molecule has 0 unspecified atom stereocenters. The standard InChI is InChI=1S/C18H32Cl3N5O7S/c1-10(2)13(14(28)33-17(3,4)5)25-16(29)24-12(8-27)11-6-7-22-15(23-11)26-34(30,31)32-9-18(19,20)21/h10-13,27H,6-9H2,1-5H3,(H2,22,23,26)(H2,24,25,29)/t11-,12-,13+/m1/s1. The Kier molecular flexibility index (Phi) is 11.4. The molecule has 0 saturated carbocycles. The second-order valence-electron chi connectivity index (χ2n) is 8.87. The summed E-state index contributed by atoms with van der Waals surface area (Å²) in [5.74, 6) is -1.02. The van der Waals surface area contributed by atoms with Crippen LogP contribution in [0.25, 0.3) is 0 Å². The van der Waals surface area contributed by atoms with Gasteiger partial charge >= 0.3 is 22.3 Å². The van der Waals surface area contributed by atoms with E-state index in [4.69, 9.17) is 39.5 Å². The summed E-state index contributed by atoms with van der Waals surface area (Å²) in [6.07, 6.45) is 0.366. The highest BCUT2D eigenvalue weighted by Crippen LogP contribution is 2.26. The van der Waals surface area contributed by atoms with E-state index in [1.54, 1.807) is 34.6 Å². The molecule has 1 aliphatic heterocycles. The number of ether oxygens (including phenoxy) is 1. The third kappa shape index (κ3) is 11.9. The van der Waals surface area contributed by atoms with Crippen LogP contribution in [-0.2, 0) is 24.0 Å². The number of aliphatic imine (C=N–C) groups is 1. The molecule has 34 heavy (non-hydrogen) atoms. The van der Waals surface area contributed by atoms with E-state index in [9.17, 15) is 23.1 Å². The van der Waals surface area contributed by atoms with Gasteiger partial charge < -0.3 is 25.8 Å². The second-order valence-corrected chi connectivity index (χ2v) is 12.7. The minimum Gasteiger partial charge on any atom is -0.458 e. The van der Waals surface area contributed by atoms with Crippen molar-refractivity contribution in [3.05, 3.63) is 0 Å². The van der Waals surface area contributed by atoms with Crippen LogP contribution in [0, 0.1) is 5.92 Å². The lowest BCUT2D eigenvalue weighted by Gasteiger charge is -2.32. The van der Waals surface area contributed by atoms with Crippen LogP contribution in [0.15, 0.2) is 4.99 Å². The van der Waals surface area contributed by atoms with Gasteiger partial charge in [0.1, 0.15) is 18.2 Å². The van der Waals surface area contributed by atoms with Gasteiger partial charge in [0, 0.05) is 6.54 Å². The molecule has 5 N–H and O–H groups in total. The van der Waals surface area contributed by atoms with Crippen LogP contribution in [0.1, 0.15) is 41.0 Å². The predicted octanol–water partition coefficient (Wildman–Crippen LogP) is 0.952. The first-order chi connectivity index (χ1) is 15.4. The number of hydrogen-bond acceptors (Lipinski definition) is 9. The number of carbonyl (C=O) groups excluding carboxylic acids is 2. The number of carbonyl (C=O) groups is 2. The Hall–Kier alpha value is -1.25. The van der Waals surface area contributed by atoms with E-state index in [1.165, 1.54) is 0 Å². The summed E-state index contributed by atoms with van der Waals surface area (Å²) in [4.78, 5) is 29.0. The number of halogens is 3. The van der Waals surface area contributed by atoms with Crippen molar-refractivity contribution in [2.24, 2.45) is 10.9 Å². The molecule has 3 atom stereocenters. The Morgan fingerprint density at radius 3 is 2.35 bits per heavy atom. The van der Waals surface area contributed by atoms with Crippen molar-refractivity contribution in [3.8, 4) is 0 Å². The van der Waals surface area contributed by atoms with Crippen LogP contribution in [0.2, 0.25) is 0 Å². The topological polar surface area (TPSA) is 167 Å². The maximum Gasteiger partial charge on any atom is 0.362 e. The van der Waals surface area contributed by atoms with Gasteiger partial charge in [-0.25, -0.2) is 18.5 Å². The average molecular weight is 569 g/mol. The number of hydrogen-bond donors (Lipinski definition) is 5. The van der Waals surface area contributed by atoms with Crippen LogP contribution >= 0.6 is 34.8 Å². The lowest BCUT2D eigenvalue weighted by molar-refractivity contribution is -0.158. The van der Waals surface area contributed by atoms with Crippen LogP contribution in [0.5, 0.6) is 0 Å². The molecule has 198 valence electrons. The van der Waals surface area contributed by atoms with Crippen LogP contribution in [-0.4, -0.2) is 78.8 Å². The number of aliphatic hydroxyl groups is 1. The first kappa shape index (κ1) is 30.8. The van der Waals surface area contributed by atoms with Crippen LogP contribution in [0.4, 0.5) is 4.79 Å². The average Bonchev–Trinajstić information content (AvgIpc) is 2.66. The molecule has 1 aliphatic rings. The van der Waals surface area contributed by atoms with Crippen molar-refractivity contribution in [3.63, 3.8) is 0 Å². The summed E-state index contributed by atoms with van der Waals surface area (Å²) < 4.78 is 34.1. The van der Waals surface area contributed by atoms with Gasteiger partial charge in [0.05, 0.1) is 18.7 Å². The normalized spacial score (nSPS) is 18.9. The monoisotopic (exact) mass is 567 g/mol. The Morgan fingerprint density at radius 2 is 1.85 bits per heavy atom. The van der Waals surface area contributed by atoms with Crippen molar-refractivity contribution < 1.29 is 32.0 Å². The molecule has 0 aromatic rings. The maximum absolute atomic E-state index is 12.6. The van der Waals surface area contributed by atoms with Gasteiger partial charge in [0.25, 0.3) is 0 Å². The summed E-state index contributed by atoms with van der Waals surface area (Å²) in [5, 5.41) is 17.7. The van der Waals surface area contributed by atoms with Crippen molar-refractivity contribution in [2.45, 2.75) is 68.6 Å². The van der Waals surface area contributed by atoms with Gasteiger partial charge in [-0.3, -0.25) is 4.99 Å². The van der Waals surface area contributed by atoms with E-state index < -0.39 is 63.0 Å². The molecule has 0 radical (unpaired) electrons. The highest BCUT2D eigenvalue weighted by atomic mass is 35.6. The Morgan fingerprint density at radius 1 is 1.24 bits per heavy atom. The molecule has 12 nitrogen and oxygen atoms in total. The van der Waals surface area contributed by atoms with Gasteiger partial charge in [-0.1, -0.05) is 48.7 Å². The summed E-state index contributed by atoms with van der Waals surface area (Å²) in [7, 11) is -4.35. The maximum atomic E-state index is 12.6. The van der Waals surface area contributed by atoms with E-state index in [-0.39, 0.29) is 18.4 Å². The van der Waals surface area contributed by atoms with Gasteiger partial charge in [0.2, 0.25) is 9.75 Å². The van der Waals surface area contributed by atoms with Crippen molar-refractivity contribution in [1.82, 2.24) is 20.7 Å². The van der Waals surface area contributed by atoms with E-state index in [1.807, 2.05) is 0 Å². The zero-order valence-corrected chi connectivity index (χ0v) is 22.6. The Bertz CT molecular complexity index is 844. The number of urea groups is 1.